The fourth-order valence-electron chi connectivity index (χ4n) is 1.80. The predicted octanol–water partition coefficient (Wildman–Crippen LogP) is 1.54. The van der Waals surface area contributed by atoms with Gasteiger partial charge in [-0.1, -0.05) is 0 Å². The number of ether oxygens (including phenoxy) is 1. The molecule has 0 aromatic carbocycles. The first-order valence-electron chi connectivity index (χ1n) is 6.70. The van der Waals surface area contributed by atoms with Gasteiger partial charge < -0.3 is 20.5 Å². The fourth-order valence-corrected chi connectivity index (χ4v) is 1.80. The molecule has 0 radical (unpaired) electrons. The van der Waals surface area contributed by atoms with Crippen LogP contribution in [-0.4, -0.2) is 33.9 Å². The van der Waals surface area contributed by atoms with Gasteiger partial charge in [-0.05, 0) is 39.3 Å². The Kier molecular flexibility index (Phi) is 4.13. The number of hydrogen-bond donors (Lipinski definition) is 3. The highest BCUT2D eigenvalue weighted by molar-refractivity contribution is 5.68. The summed E-state index contributed by atoms with van der Waals surface area (Å²) in [5.74, 6) is 0.157. The largest absolute Gasteiger partial charge is 0.506 e. The van der Waals surface area contributed by atoms with Crippen molar-refractivity contribution in [2.75, 3.05) is 0 Å². The van der Waals surface area contributed by atoms with Gasteiger partial charge in [0.05, 0.1) is 11.9 Å². The second-order valence-corrected chi connectivity index (χ2v) is 5.98. The Balaban J connectivity index is 1.68. The molecule has 0 spiro atoms. The maximum atomic E-state index is 11.6. The van der Waals surface area contributed by atoms with Gasteiger partial charge in [0.2, 0.25) is 0 Å². The van der Waals surface area contributed by atoms with E-state index in [2.05, 4.69) is 15.6 Å². The Bertz CT molecular complexity index is 468. The minimum atomic E-state index is -0.474. The van der Waals surface area contributed by atoms with E-state index in [-0.39, 0.29) is 23.9 Å². The molecule has 110 valence electrons. The molecule has 0 saturated heterocycles. The van der Waals surface area contributed by atoms with Crippen LogP contribution in [0.2, 0.25) is 0 Å². The van der Waals surface area contributed by atoms with Crippen LogP contribution in [0.25, 0.3) is 0 Å². The third-order valence-electron chi connectivity index (χ3n) is 2.85. The molecule has 2 rings (SSSR count). The molecule has 3 N–H and O–H groups in total. The molecule has 1 aliphatic rings. The number of carbonyl (C=O) groups excluding carboxylic acids is 1. The number of amides is 1. The maximum absolute atomic E-state index is 11.6. The van der Waals surface area contributed by atoms with Gasteiger partial charge in [-0.2, -0.15) is 0 Å². The van der Waals surface area contributed by atoms with E-state index in [1.807, 2.05) is 20.8 Å². The SMILES string of the molecule is CC(C)(C)OC(=O)NC1CC1NCc1ccc(O)cn1. The summed E-state index contributed by atoms with van der Waals surface area (Å²) in [7, 11) is 0. The van der Waals surface area contributed by atoms with Gasteiger partial charge in [0.15, 0.2) is 0 Å². The Morgan fingerprint density at radius 1 is 1.45 bits per heavy atom. The number of carbonyl (C=O) groups is 1. The third-order valence-corrected chi connectivity index (χ3v) is 2.85. The number of aromatic hydroxyl groups is 1. The van der Waals surface area contributed by atoms with Crippen molar-refractivity contribution in [3.05, 3.63) is 24.0 Å². The van der Waals surface area contributed by atoms with Gasteiger partial charge in [0.25, 0.3) is 0 Å². The number of rotatable bonds is 4. The molecule has 1 heterocycles. The standard InChI is InChI=1S/C14H21N3O3/c1-14(2,3)20-13(19)17-12-6-11(12)16-7-9-4-5-10(18)8-15-9/h4-5,8,11-12,16,18H,6-7H2,1-3H3,(H,17,19). The van der Waals surface area contributed by atoms with Crippen molar-refractivity contribution in [1.82, 2.24) is 15.6 Å². The normalized spacial score (nSPS) is 21.4. The maximum Gasteiger partial charge on any atom is 0.407 e. The summed E-state index contributed by atoms with van der Waals surface area (Å²) in [6, 6.07) is 3.73. The zero-order chi connectivity index (χ0) is 14.8. The molecule has 0 aliphatic heterocycles. The lowest BCUT2D eigenvalue weighted by atomic mass is 10.2. The summed E-state index contributed by atoms with van der Waals surface area (Å²) in [6.07, 6.45) is 1.92. The van der Waals surface area contributed by atoms with Crippen LogP contribution in [0, 0.1) is 0 Å². The number of nitrogens with one attached hydrogen (secondary N) is 2. The second-order valence-electron chi connectivity index (χ2n) is 5.98. The molecular formula is C14H21N3O3. The van der Waals surface area contributed by atoms with Gasteiger partial charge in [-0.25, -0.2) is 4.79 Å². The summed E-state index contributed by atoms with van der Waals surface area (Å²) < 4.78 is 5.19. The highest BCUT2D eigenvalue weighted by Gasteiger charge is 2.38. The topological polar surface area (TPSA) is 83.5 Å². The lowest BCUT2D eigenvalue weighted by Gasteiger charge is -2.19. The van der Waals surface area contributed by atoms with Gasteiger partial charge >= 0.3 is 6.09 Å². The highest BCUT2D eigenvalue weighted by Crippen LogP contribution is 2.22. The van der Waals surface area contributed by atoms with Gasteiger partial charge in [-0.3, -0.25) is 4.98 Å². The van der Waals surface area contributed by atoms with Crippen molar-refractivity contribution >= 4 is 6.09 Å². The van der Waals surface area contributed by atoms with E-state index in [0.717, 1.165) is 12.1 Å². The van der Waals surface area contributed by atoms with Crippen molar-refractivity contribution in [2.24, 2.45) is 0 Å². The van der Waals surface area contributed by atoms with Crippen molar-refractivity contribution < 1.29 is 14.6 Å². The molecule has 1 saturated carbocycles. The van der Waals surface area contributed by atoms with Gasteiger partial charge in [0.1, 0.15) is 11.4 Å². The molecule has 1 aliphatic carbocycles. The van der Waals surface area contributed by atoms with E-state index in [1.165, 1.54) is 6.20 Å². The molecule has 1 aromatic rings. The van der Waals surface area contributed by atoms with E-state index >= 15 is 0 Å². The first-order chi connectivity index (χ1) is 9.33. The molecule has 1 aromatic heterocycles. The first-order valence-corrected chi connectivity index (χ1v) is 6.70. The summed E-state index contributed by atoms with van der Waals surface area (Å²) in [6.45, 7) is 6.13. The number of nitrogens with zero attached hydrogens (tertiary/aromatic N) is 1. The minimum Gasteiger partial charge on any atom is -0.506 e. The molecule has 6 nitrogen and oxygen atoms in total. The molecule has 0 bridgehead atoms. The fraction of sp³-hybridized carbons (Fsp3) is 0.571. The highest BCUT2D eigenvalue weighted by atomic mass is 16.6. The molecule has 1 fully saturated rings. The summed E-state index contributed by atoms with van der Waals surface area (Å²) in [5.41, 5.74) is 0.378. The van der Waals surface area contributed by atoms with E-state index in [1.54, 1.807) is 12.1 Å². The predicted molar refractivity (Wildman–Crippen MR) is 74.3 cm³/mol. The van der Waals surface area contributed by atoms with Crippen molar-refractivity contribution in [3.8, 4) is 5.75 Å². The molecule has 1 amide bonds. The van der Waals surface area contributed by atoms with Crippen LogP contribution in [-0.2, 0) is 11.3 Å². The number of aromatic nitrogens is 1. The van der Waals surface area contributed by atoms with Crippen LogP contribution in [0.3, 0.4) is 0 Å². The van der Waals surface area contributed by atoms with Crippen LogP contribution in [0.15, 0.2) is 18.3 Å². The number of pyridine rings is 1. The Morgan fingerprint density at radius 2 is 2.20 bits per heavy atom. The average molecular weight is 279 g/mol. The quantitative estimate of drug-likeness (QED) is 0.778. The number of hydrogen-bond acceptors (Lipinski definition) is 5. The Hall–Kier alpha value is -1.82. The number of alkyl carbamates (subject to hydrolysis) is 1. The van der Waals surface area contributed by atoms with Crippen LogP contribution in [0.4, 0.5) is 4.79 Å². The summed E-state index contributed by atoms with van der Waals surface area (Å²) >= 11 is 0. The van der Waals surface area contributed by atoms with Crippen molar-refractivity contribution in [2.45, 2.75) is 51.4 Å². The van der Waals surface area contributed by atoms with Crippen LogP contribution >= 0.6 is 0 Å². The lowest BCUT2D eigenvalue weighted by molar-refractivity contribution is 0.0522. The molecule has 6 heteroatoms. The smallest absolute Gasteiger partial charge is 0.407 e. The third kappa shape index (κ3) is 4.70. The molecule has 2 atom stereocenters. The van der Waals surface area contributed by atoms with Crippen molar-refractivity contribution in [3.63, 3.8) is 0 Å². The Labute approximate surface area is 118 Å². The van der Waals surface area contributed by atoms with E-state index in [4.69, 9.17) is 9.84 Å². The van der Waals surface area contributed by atoms with Crippen LogP contribution in [0.1, 0.15) is 32.9 Å². The van der Waals surface area contributed by atoms with E-state index in [0.29, 0.717) is 6.54 Å². The minimum absolute atomic E-state index is 0.113. The monoisotopic (exact) mass is 279 g/mol. The van der Waals surface area contributed by atoms with E-state index in [9.17, 15) is 4.79 Å². The zero-order valence-electron chi connectivity index (χ0n) is 12.0. The molecule has 2 unspecified atom stereocenters. The molecule has 20 heavy (non-hydrogen) atoms. The Morgan fingerprint density at radius 3 is 2.80 bits per heavy atom. The van der Waals surface area contributed by atoms with Crippen LogP contribution in [0.5, 0.6) is 5.75 Å². The summed E-state index contributed by atoms with van der Waals surface area (Å²) in [4.78, 5) is 15.7. The van der Waals surface area contributed by atoms with E-state index < -0.39 is 5.60 Å². The first kappa shape index (κ1) is 14.6. The van der Waals surface area contributed by atoms with Gasteiger partial charge in [-0.15, -0.1) is 0 Å². The van der Waals surface area contributed by atoms with Crippen molar-refractivity contribution in [1.29, 1.82) is 0 Å². The van der Waals surface area contributed by atoms with Gasteiger partial charge in [0, 0.05) is 18.6 Å². The second kappa shape index (κ2) is 5.66. The van der Waals surface area contributed by atoms with Crippen LogP contribution < -0.4 is 10.6 Å². The summed E-state index contributed by atoms with van der Waals surface area (Å²) in [5, 5.41) is 15.3. The molecular weight excluding hydrogens is 258 g/mol. The lowest BCUT2D eigenvalue weighted by Crippen LogP contribution is -2.36. The zero-order valence-corrected chi connectivity index (χ0v) is 12.0. The average Bonchev–Trinajstić information content (AvgIpc) is 3.04.